The zero-order valence-corrected chi connectivity index (χ0v) is 27.3. The van der Waals surface area contributed by atoms with Crippen molar-refractivity contribution in [1.29, 1.82) is 0 Å². The van der Waals surface area contributed by atoms with E-state index in [4.69, 9.17) is 38.2 Å². The van der Waals surface area contributed by atoms with Gasteiger partial charge in [-0.15, -0.1) is 11.3 Å². The van der Waals surface area contributed by atoms with Crippen LogP contribution in [0.2, 0.25) is 10.0 Å². The lowest BCUT2D eigenvalue weighted by atomic mass is 10.1. The average molecular weight is 654 g/mol. The summed E-state index contributed by atoms with van der Waals surface area (Å²) in [4.78, 5) is 12.1. The normalized spacial score (nSPS) is 11.2. The molecule has 0 unspecified atom stereocenters. The van der Waals surface area contributed by atoms with Gasteiger partial charge in [0, 0.05) is 28.5 Å². The molecular formula is C35H38Cl2N2O4S. The zero-order valence-electron chi connectivity index (χ0n) is 25.0. The van der Waals surface area contributed by atoms with E-state index in [2.05, 4.69) is 70.6 Å². The summed E-state index contributed by atoms with van der Waals surface area (Å²) in [5.74, 6) is 0.0714. The molecule has 232 valence electrons. The molecule has 0 bridgehead atoms. The number of hydrogen-bond donors (Lipinski definition) is 4. The van der Waals surface area contributed by atoms with Crippen LogP contribution in [0, 0.1) is 0 Å². The molecule has 5 aromatic rings. The minimum atomic E-state index is -0.889. The molecule has 6 nitrogen and oxygen atoms in total. The molecule has 0 aliphatic carbocycles. The lowest BCUT2D eigenvalue weighted by Gasteiger charge is -2.19. The maximum absolute atomic E-state index is 10.8. The number of aliphatic hydroxyl groups excluding tert-OH is 1. The highest BCUT2D eigenvalue weighted by molar-refractivity contribution is 7.10. The Hall–Kier alpha value is -3.59. The summed E-state index contributed by atoms with van der Waals surface area (Å²) in [6.07, 6.45) is 0.828. The number of thiophene rings is 1. The van der Waals surface area contributed by atoms with E-state index in [0.29, 0.717) is 27.0 Å². The summed E-state index contributed by atoms with van der Waals surface area (Å²) in [5.41, 5.74) is 1.93. The van der Waals surface area contributed by atoms with Crippen molar-refractivity contribution in [1.82, 2.24) is 5.32 Å². The molecule has 0 aliphatic rings. The van der Waals surface area contributed by atoms with Gasteiger partial charge in [-0.1, -0.05) is 89.9 Å². The minimum Gasteiger partial charge on any atom is -0.484 e. The molecule has 0 spiro atoms. The highest BCUT2D eigenvalue weighted by atomic mass is 35.5. The Morgan fingerprint density at radius 1 is 0.886 bits per heavy atom. The van der Waals surface area contributed by atoms with Gasteiger partial charge >= 0.3 is 5.97 Å². The number of fused-ring (bicyclic) bond motifs is 1. The lowest BCUT2D eigenvalue weighted by molar-refractivity contribution is -0.136. The standard InChI is InChI=1S/C18H19NOS.C14H11Cl2NO2.C3H8O/c1-19-12-11-17(18-10-5-13-21-18)20-16-9-4-7-14-6-2-3-8-15(14)16;15-10-5-3-6-11(16)14(10)17-12-7-2-1-4-9(12)8-13(18)19;1-3(2)4/h2-10,13,17,19H,11-12H2,1H3;1-7,17H,8H2,(H,18,19);3-4H,1-2H3/t17-;;/m1../s1. The van der Waals surface area contributed by atoms with Crippen molar-refractivity contribution in [3.63, 3.8) is 0 Å². The van der Waals surface area contributed by atoms with Crippen molar-refractivity contribution in [2.45, 2.75) is 38.9 Å². The Morgan fingerprint density at radius 2 is 1.52 bits per heavy atom. The molecule has 1 heterocycles. The summed E-state index contributed by atoms with van der Waals surface area (Å²) >= 11 is 13.9. The van der Waals surface area contributed by atoms with Gasteiger partial charge in [-0.3, -0.25) is 4.79 Å². The third-order valence-electron chi connectivity index (χ3n) is 6.12. The van der Waals surface area contributed by atoms with E-state index in [-0.39, 0.29) is 18.6 Å². The van der Waals surface area contributed by atoms with Crippen LogP contribution >= 0.6 is 34.5 Å². The van der Waals surface area contributed by atoms with Crippen molar-refractivity contribution < 1.29 is 19.7 Å². The predicted octanol–water partition coefficient (Wildman–Crippen LogP) is 9.38. The Morgan fingerprint density at radius 3 is 2.18 bits per heavy atom. The molecular weight excluding hydrogens is 615 g/mol. The fourth-order valence-electron chi connectivity index (χ4n) is 4.17. The molecule has 0 saturated heterocycles. The maximum Gasteiger partial charge on any atom is 0.307 e. The second-order valence-corrected chi connectivity index (χ2v) is 11.8. The summed E-state index contributed by atoms with van der Waals surface area (Å²) in [7, 11) is 1.98. The smallest absolute Gasteiger partial charge is 0.307 e. The van der Waals surface area contributed by atoms with Gasteiger partial charge in [0.1, 0.15) is 11.9 Å². The monoisotopic (exact) mass is 652 g/mol. The lowest BCUT2D eigenvalue weighted by Crippen LogP contribution is -2.15. The number of rotatable bonds is 10. The SMILES string of the molecule is CC(C)O.CNCC[C@@H](Oc1cccc2ccccc12)c1cccs1.O=C(O)Cc1ccccc1Nc1c(Cl)cccc1Cl. The summed E-state index contributed by atoms with van der Waals surface area (Å²) in [6, 6.07) is 31.2. The van der Waals surface area contributed by atoms with Gasteiger partial charge < -0.3 is 25.6 Å². The largest absolute Gasteiger partial charge is 0.484 e. The number of benzene rings is 4. The molecule has 0 radical (unpaired) electrons. The first-order valence-electron chi connectivity index (χ1n) is 14.2. The molecule has 4 aromatic carbocycles. The van der Waals surface area contributed by atoms with Gasteiger partial charge in [-0.05, 0) is 74.1 Å². The number of nitrogens with one attached hydrogen (secondary N) is 2. The highest BCUT2D eigenvalue weighted by Gasteiger charge is 2.15. The third kappa shape index (κ3) is 11.2. The number of hydrogen-bond acceptors (Lipinski definition) is 6. The summed E-state index contributed by atoms with van der Waals surface area (Å²) in [5, 5.41) is 28.7. The fourth-order valence-corrected chi connectivity index (χ4v) is 5.45. The van der Waals surface area contributed by atoms with E-state index in [1.807, 2.05) is 13.1 Å². The van der Waals surface area contributed by atoms with Gasteiger partial charge in [-0.25, -0.2) is 0 Å². The van der Waals surface area contributed by atoms with E-state index < -0.39 is 5.97 Å². The van der Waals surface area contributed by atoms with Gasteiger partial charge in [-0.2, -0.15) is 0 Å². The third-order valence-corrected chi connectivity index (χ3v) is 7.71. The van der Waals surface area contributed by atoms with Crippen molar-refractivity contribution >= 4 is 62.7 Å². The van der Waals surface area contributed by atoms with Crippen molar-refractivity contribution in [2.75, 3.05) is 18.9 Å². The van der Waals surface area contributed by atoms with Crippen LogP contribution in [0.25, 0.3) is 10.8 Å². The van der Waals surface area contributed by atoms with Crippen molar-refractivity contribution in [2.24, 2.45) is 0 Å². The highest BCUT2D eigenvalue weighted by Crippen LogP contribution is 2.34. The van der Waals surface area contributed by atoms with Gasteiger partial charge in [0.15, 0.2) is 0 Å². The van der Waals surface area contributed by atoms with Gasteiger partial charge in [0.2, 0.25) is 0 Å². The van der Waals surface area contributed by atoms with Crippen LogP contribution < -0.4 is 15.4 Å². The fraction of sp³-hybridized carbons (Fsp3) is 0.229. The average Bonchev–Trinajstić information content (AvgIpc) is 3.53. The van der Waals surface area contributed by atoms with Crippen LogP contribution in [0.1, 0.15) is 36.8 Å². The van der Waals surface area contributed by atoms with E-state index in [1.165, 1.54) is 15.6 Å². The molecule has 0 amide bonds. The molecule has 1 aromatic heterocycles. The number of carboxylic acids is 1. The number of carbonyl (C=O) groups is 1. The molecule has 1 atom stereocenters. The Kier molecular flexibility index (Phi) is 14.5. The number of aliphatic hydroxyl groups is 1. The summed E-state index contributed by atoms with van der Waals surface area (Å²) in [6.45, 7) is 4.38. The van der Waals surface area contributed by atoms with Crippen LogP contribution in [0.3, 0.4) is 0 Å². The van der Waals surface area contributed by atoms with Crippen LogP contribution in [0.15, 0.2) is 102 Å². The number of ether oxygens (including phenoxy) is 1. The Labute approximate surface area is 273 Å². The number of carboxylic acid groups (broad SMARTS) is 1. The Balaban J connectivity index is 0.000000216. The first-order chi connectivity index (χ1) is 21.2. The second-order valence-electron chi connectivity index (χ2n) is 10.0. The minimum absolute atomic E-state index is 0.0642. The van der Waals surface area contributed by atoms with Crippen molar-refractivity contribution in [3.8, 4) is 5.75 Å². The first-order valence-corrected chi connectivity index (χ1v) is 15.8. The molecule has 5 rings (SSSR count). The molecule has 44 heavy (non-hydrogen) atoms. The number of para-hydroxylation sites is 2. The number of anilines is 2. The van der Waals surface area contributed by atoms with E-state index in [1.54, 1.807) is 61.6 Å². The molecule has 0 aliphatic heterocycles. The summed E-state index contributed by atoms with van der Waals surface area (Å²) < 4.78 is 6.34. The molecule has 4 N–H and O–H groups in total. The number of aliphatic carboxylic acids is 1. The van der Waals surface area contributed by atoms with Gasteiger partial charge in [0.05, 0.1) is 22.2 Å². The Bertz CT molecular complexity index is 1570. The molecule has 0 fully saturated rings. The van der Waals surface area contributed by atoms with Crippen LogP contribution in [-0.4, -0.2) is 35.9 Å². The maximum atomic E-state index is 10.8. The molecule has 9 heteroatoms. The quantitative estimate of drug-likeness (QED) is 0.120. The zero-order chi connectivity index (χ0) is 31.9. The topological polar surface area (TPSA) is 90.8 Å². The number of halogens is 2. The van der Waals surface area contributed by atoms with Crippen LogP contribution in [-0.2, 0) is 11.2 Å². The van der Waals surface area contributed by atoms with E-state index in [0.717, 1.165) is 18.7 Å². The van der Waals surface area contributed by atoms with Crippen molar-refractivity contribution in [3.05, 3.63) is 123 Å². The van der Waals surface area contributed by atoms with Crippen LogP contribution in [0.5, 0.6) is 5.75 Å². The van der Waals surface area contributed by atoms with Crippen LogP contribution in [0.4, 0.5) is 11.4 Å². The predicted molar refractivity (Wildman–Crippen MR) is 185 cm³/mol. The first kappa shape index (κ1) is 34.9. The molecule has 0 saturated carbocycles. The van der Waals surface area contributed by atoms with E-state index >= 15 is 0 Å². The second kappa shape index (κ2) is 18.3. The van der Waals surface area contributed by atoms with Gasteiger partial charge in [0.25, 0.3) is 0 Å². The van der Waals surface area contributed by atoms with E-state index in [9.17, 15) is 4.79 Å².